The molecule has 1 aromatic carbocycles. The van der Waals surface area contributed by atoms with Gasteiger partial charge in [-0.05, 0) is 25.1 Å². The van der Waals surface area contributed by atoms with Crippen LogP contribution in [0, 0.1) is 0 Å². The topological polar surface area (TPSA) is 83.6 Å². The fourth-order valence-electron chi connectivity index (χ4n) is 1.23. The van der Waals surface area contributed by atoms with Crippen LogP contribution in [0.5, 0.6) is 5.75 Å². The first kappa shape index (κ1) is 15.4. The summed E-state index contributed by atoms with van der Waals surface area (Å²) in [5, 5.41) is 17.3. The molecule has 0 amide bonds. The second kappa shape index (κ2) is 9.66. The summed E-state index contributed by atoms with van der Waals surface area (Å²) < 4.78 is 0. The number of benzene rings is 1. The van der Waals surface area contributed by atoms with Gasteiger partial charge in [0.2, 0.25) is 0 Å². The molecule has 1 rings (SSSR count). The maximum atomic E-state index is 10.3. The molecule has 0 aliphatic heterocycles. The molecule has 0 heterocycles. The van der Waals surface area contributed by atoms with Crippen LogP contribution in [0.15, 0.2) is 24.3 Å². The number of phenols is 1. The van der Waals surface area contributed by atoms with Crippen molar-refractivity contribution in [3.8, 4) is 5.75 Å². The van der Waals surface area contributed by atoms with Gasteiger partial charge in [-0.25, -0.2) is 4.79 Å². The Morgan fingerprint density at radius 1 is 1.24 bits per heavy atom. The third kappa shape index (κ3) is 7.36. The number of carbonyl (C=O) groups is 1. The smallest absolute Gasteiger partial charge is 0.339 e. The Morgan fingerprint density at radius 3 is 2.29 bits per heavy atom. The number of unbranched alkanes of at least 4 members (excludes halogenated alkanes) is 3. The van der Waals surface area contributed by atoms with Gasteiger partial charge in [0.1, 0.15) is 11.3 Å². The number of hydrogen-bond donors (Lipinski definition) is 3. The summed E-state index contributed by atoms with van der Waals surface area (Å²) in [6.45, 7) is 3.07. The van der Waals surface area contributed by atoms with Gasteiger partial charge in [0.15, 0.2) is 0 Å². The van der Waals surface area contributed by atoms with Gasteiger partial charge < -0.3 is 15.9 Å². The summed E-state index contributed by atoms with van der Waals surface area (Å²) in [5.41, 5.74) is 5.20. The van der Waals surface area contributed by atoms with E-state index in [0.717, 1.165) is 6.54 Å². The van der Waals surface area contributed by atoms with E-state index in [0.29, 0.717) is 0 Å². The predicted octanol–water partition coefficient (Wildman–Crippen LogP) is 2.62. The highest BCUT2D eigenvalue weighted by molar-refractivity contribution is 5.90. The largest absolute Gasteiger partial charge is 0.507 e. The number of para-hydroxylation sites is 1. The molecule has 0 saturated carbocycles. The molecular weight excluding hydrogens is 218 g/mol. The number of carboxylic acids is 1. The van der Waals surface area contributed by atoms with Gasteiger partial charge in [-0.15, -0.1) is 0 Å². The van der Waals surface area contributed by atoms with Gasteiger partial charge in [-0.3, -0.25) is 0 Å². The van der Waals surface area contributed by atoms with Gasteiger partial charge in [-0.2, -0.15) is 0 Å². The van der Waals surface area contributed by atoms with Crippen LogP contribution >= 0.6 is 0 Å². The van der Waals surface area contributed by atoms with Gasteiger partial charge in [0.05, 0.1) is 0 Å². The molecule has 1 aromatic rings. The van der Waals surface area contributed by atoms with Crippen molar-refractivity contribution in [3.63, 3.8) is 0 Å². The molecule has 0 unspecified atom stereocenters. The third-order valence-corrected chi connectivity index (χ3v) is 2.19. The fourth-order valence-corrected chi connectivity index (χ4v) is 1.23. The zero-order valence-electron chi connectivity index (χ0n) is 10.2. The summed E-state index contributed by atoms with van der Waals surface area (Å²) in [6, 6.07) is 5.81. The van der Waals surface area contributed by atoms with Crippen molar-refractivity contribution < 1.29 is 15.0 Å². The zero-order valence-corrected chi connectivity index (χ0v) is 10.2. The van der Waals surface area contributed by atoms with Gasteiger partial charge in [0.25, 0.3) is 0 Å². The van der Waals surface area contributed by atoms with E-state index in [2.05, 4.69) is 6.92 Å². The standard InChI is InChI=1S/C7H6O3.C6H15N/c8-6-4-2-1-3-5(6)7(9)10;1-2-3-4-5-6-7/h1-4,8H,(H,9,10);2-7H2,1H3. The molecule has 0 atom stereocenters. The van der Waals surface area contributed by atoms with E-state index in [9.17, 15) is 4.79 Å². The van der Waals surface area contributed by atoms with Crippen molar-refractivity contribution in [2.45, 2.75) is 32.6 Å². The zero-order chi connectivity index (χ0) is 13.1. The van der Waals surface area contributed by atoms with Gasteiger partial charge >= 0.3 is 5.97 Å². The summed E-state index contributed by atoms with van der Waals surface area (Å²) >= 11 is 0. The Balaban J connectivity index is 0.000000325. The average Bonchev–Trinajstić information content (AvgIpc) is 2.31. The summed E-state index contributed by atoms with van der Waals surface area (Å²) in [7, 11) is 0. The first-order valence-electron chi connectivity index (χ1n) is 5.84. The second-order valence-electron chi connectivity index (χ2n) is 3.67. The van der Waals surface area contributed by atoms with E-state index >= 15 is 0 Å². The van der Waals surface area contributed by atoms with Crippen molar-refractivity contribution in [2.24, 2.45) is 5.73 Å². The molecule has 96 valence electrons. The monoisotopic (exact) mass is 239 g/mol. The highest BCUT2D eigenvalue weighted by Crippen LogP contribution is 2.14. The van der Waals surface area contributed by atoms with Crippen LogP contribution in [0.4, 0.5) is 0 Å². The minimum absolute atomic E-state index is 0.0671. The molecule has 4 N–H and O–H groups in total. The molecule has 0 saturated heterocycles. The molecular formula is C13H21NO3. The number of rotatable bonds is 5. The predicted molar refractivity (Wildman–Crippen MR) is 68.3 cm³/mol. The minimum Gasteiger partial charge on any atom is -0.507 e. The maximum absolute atomic E-state index is 10.3. The normalized spacial score (nSPS) is 9.29. The van der Waals surface area contributed by atoms with Crippen molar-refractivity contribution in [3.05, 3.63) is 29.8 Å². The first-order valence-corrected chi connectivity index (χ1v) is 5.84. The summed E-state index contributed by atoms with van der Waals surface area (Å²) in [6.07, 6.45) is 5.16. The fraction of sp³-hybridized carbons (Fsp3) is 0.462. The van der Waals surface area contributed by atoms with Crippen LogP contribution in [0.1, 0.15) is 43.0 Å². The molecule has 0 bridgehead atoms. The number of aromatic hydroxyl groups is 1. The molecule has 17 heavy (non-hydrogen) atoms. The molecule has 0 spiro atoms. The van der Waals surface area contributed by atoms with E-state index in [1.807, 2.05) is 0 Å². The van der Waals surface area contributed by atoms with Crippen LogP contribution in [-0.2, 0) is 0 Å². The lowest BCUT2D eigenvalue weighted by atomic mass is 10.2. The minimum atomic E-state index is -1.11. The molecule has 0 aliphatic carbocycles. The van der Waals surface area contributed by atoms with E-state index in [1.54, 1.807) is 12.1 Å². The highest BCUT2D eigenvalue weighted by Gasteiger charge is 2.05. The van der Waals surface area contributed by atoms with Crippen LogP contribution in [0.25, 0.3) is 0 Å². The number of nitrogens with two attached hydrogens (primary N) is 1. The quantitative estimate of drug-likeness (QED) is 0.690. The SMILES string of the molecule is CCCCCCN.O=C(O)c1ccccc1O. The van der Waals surface area contributed by atoms with E-state index in [4.69, 9.17) is 15.9 Å². The molecule has 0 aliphatic rings. The Kier molecular flexibility index (Phi) is 8.78. The van der Waals surface area contributed by atoms with E-state index in [-0.39, 0.29) is 11.3 Å². The Labute approximate surface area is 102 Å². The number of aromatic carboxylic acids is 1. The molecule has 4 nitrogen and oxygen atoms in total. The molecule has 0 radical (unpaired) electrons. The van der Waals surface area contributed by atoms with Gasteiger partial charge in [-0.1, -0.05) is 38.3 Å². The van der Waals surface area contributed by atoms with Crippen molar-refractivity contribution in [1.29, 1.82) is 0 Å². The third-order valence-electron chi connectivity index (χ3n) is 2.19. The number of hydrogen-bond acceptors (Lipinski definition) is 3. The molecule has 4 heteroatoms. The van der Waals surface area contributed by atoms with Crippen molar-refractivity contribution in [1.82, 2.24) is 0 Å². The molecule has 0 aromatic heterocycles. The van der Waals surface area contributed by atoms with Crippen molar-refractivity contribution >= 4 is 5.97 Å². The Hall–Kier alpha value is -1.55. The molecule has 0 fully saturated rings. The van der Waals surface area contributed by atoms with Crippen LogP contribution in [-0.4, -0.2) is 22.7 Å². The van der Waals surface area contributed by atoms with Crippen LogP contribution in [0.2, 0.25) is 0 Å². The van der Waals surface area contributed by atoms with Gasteiger partial charge in [0, 0.05) is 0 Å². The summed E-state index contributed by atoms with van der Waals surface area (Å²) in [4.78, 5) is 10.3. The highest BCUT2D eigenvalue weighted by atomic mass is 16.4. The second-order valence-corrected chi connectivity index (χ2v) is 3.67. The van der Waals surface area contributed by atoms with E-state index in [1.165, 1.54) is 37.8 Å². The Morgan fingerprint density at radius 2 is 1.88 bits per heavy atom. The summed E-state index contributed by atoms with van der Waals surface area (Å²) in [5.74, 6) is -1.31. The lowest BCUT2D eigenvalue weighted by Crippen LogP contribution is -1.97. The lowest BCUT2D eigenvalue weighted by Gasteiger charge is -1.95. The van der Waals surface area contributed by atoms with Crippen LogP contribution in [0.3, 0.4) is 0 Å². The van der Waals surface area contributed by atoms with Crippen LogP contribution < -0.4 is 5.73 Å². The average molecular weight is 239 g/mol. The lowest BCUT2D eigenvalue weighted by molar-refractivity contribution is 0.0694. The van der Waals surface area contributed by atoms with Crippen molar-refractivity contribution in [2.75, 3.05) is 6.54 Å². The van der Waals surface area contributed by atoms with E-state index < -0.39 is 5.97 Å². The Bertz CT molecular complexity index is 322. The first-order chi connectivity index (χ1) is 8.13. The maximum Gasteiger partial charge on any atom is 0.339 e. The number of carboxylic acid groups (broad SMARTS) is 1.